The fraction of sp³-hybridized carbons (Fsp3) is 0.261. The van der Waals surface area contributed by atoms with Gasteiger partial charge in [-0.15, -0.1) is 0 Å². The van der Waals surface area contributed by atoms with E-state index in [4.69, 9.17) is 9.15 Å². The summed E-state index contributed by atoms with van der Waals surface area (Å²) in [5.41, 5.74) is 4.41. The van der Waals surface area contributed by atoms with Gasteiger partial charge in [-0.3, -0.25) is 4.79 Å². The van der Waals surface area contributed by atoms with Crippen LogP contribution in [-0.2, 0) is 22.6 Å². The maximum absolute atomic E-state index is 13.1. The van der Waals surface area contributed by atoms with E-state index in [1.54, 1.807) is 12.5 Å². The number of rotatable bonds is 6. The van der Waals surface area contributed by atoms with E-state index in [2.05, 4.69) is 24.3 Å². The van der Waals surface area contributed by atoms with Gasteiger partial charge in [0.1, 0.15) is 6.10 Å². The fourth-order valence-corrected chi connectivity index (χ4v) is 3.55. The highest BCUT2D eigenvalue weighted by atomic mass is 16.5. The molecule has 1 aliphatic rings. The van der Waals surface area contributed by atoms with E-state index in [1.807, 2.05) is 41.3 Å². The molecular weight excluding hydrogens is 338 g/mol. The third kappa shape index (κ3) is 4.12. The summed E-state index contributed by atoms with van der Waals surface area (Å²) in [6.45, 7) is 1.71. The molecule has 4 heteroatoms. The van der Waals surface area contributed by atoms with Gasteiger partial charge in [0.2, 0.25) is 0 Å². The van der Waals surface area contributed by atoms with Crippen molar-refractivity contribution in [3.63, 3.8) is 0 Å². The minimum atomic E-state index is -0.333. The number of amides is 1. The second kappa shape index (κ2) is 8.23. The van der Waals surface area contributed by atoms with Gasteiger partial charge in [0, 0.05) is 25.3 Å². The van der Waals surface area contributed by atoms with Crippen LogP contribution in [0.1, 0.15) is 24.0 Å². The molecule has 0 bridgehead atoms. The van der Waals surface area contributed by atoms with E-state index in [9.17, 15) is 4.79 Å². The van der Waals surface area contributed by atoms with E-state index < -0.39 is 0 Å². The van der Waals surface area contributed by atoms with E-state index in [0.29, 0.717) is 19.7 Å². The average molecular weight is 361 g/mol. The zero-order chi connectivity index (χ0) is 18.5. The first kappa shape index (κ1) is 17.6. The first-order valence-electron chi connectivity index (χ1n) is 9.36. The lowest BCUT2D eigenvalue weighted by molar-refractivity contribution is -0.142. The minimum Gasteiger partial charge on any atom is -0.472 e. The predicted molar refractivity (Wildman–Crippen MR) is 104 cm³/mol. The topological polar surface area (TPSA) is 42.7 Å². The van der Waals surface area contributed by atoms with Crippen LogP contribution in [0.3, 0.4) is 0 Å². The van der Waals surface area contributed by atoms with Gasteiger partial charge < -0.3 is 14.1 Å². The summed E-state index contributed by atoms with van der Waals surface area (Å²) in [4.78, 5) is 15.0. The molecule has 27 heavy (non-hydrogen) atoms. The van der Waals surface area contributed by atoms with Gasteiger partial charge in [0.15, 0.2) is 0 Å². The molecule has 0 aliphatic carbocycles. The second-order valence-corrected chi connectivity index (χ2v) is 6.85. The lowest BCUT2D eigenvalue weighted by Crippen LogP contribution is -2.38. The molecule has 0 N–H and O–H groups in total. The molecule has 1 fully saturated rings. The maximum atomic E-state index is 13.1. The van der Waals surface area contributed by atoms with Crippen LogP contribution in [0.15, 0.2) is 77.6 Å². The summed E-state index contributed by atoms with van der Waals surface area (Å²) in [6, 6.07) is 20.4. The molecule has 4 nitrogen and oxygen atoms in total. The first-order chi connectivity index (χ1) is 13.3. The molecule has 0 spiro atoms. The number of ether oxygens (including phenoxy) is 1. The third-order valence-corrected chi connectivity index (χ3v) is 4.93. The summed E-state index contributed by atoms with van der Waals surface area (Å²) < 4.78 is 10.8. The molecule has 2 heterocycles. The Morgan fingerprint density at radius 1 is 1.00 bits per heavy atom. The zero-order valence-electron chi connectivity index (χ0n) is 15.2. The Labute approximate surface area is 159 Å². The Morgan fingerprint density at radius 2 is 1.81 bits per heavy atom. The van der Waals surface area contributed by atoms with Crippen molar-refractivity contribution in [2.75, 3.05) is 6.61 Å². The van der Waals surface area contributed by atoms with Crippen LogP contribution in [-0.4, -0.2) is 23.5 Å². The normalized spacial score (nSPS) is 16.4. The van der Waals surface area contributed by atoms with Crippen molar-refractivity contribution in [1.29, 1.82) is 0 Å². The molecule has 1 amide bonds. The van der Waals surface area contributed by atoms with E-state index >= 15 is 0 Å². The number of furan rings is 1. The minimum absolute atomic E-state index is 0.0524. The Kier molecular flexibility index (Phi) is 5.35. The zero-order valence-corrected chi connectivity index (χ0v) is 15.2. The maximum Gasteiger partial charge on any atom is 0.252 e. The molecule has 0 unspecified atom stereocenters. The van der Waals surface area contributed by atoms with Crippen LogP contribution >= 0.6 is 0 Å². The molecular formula is C23H23NO3. The van der Waals surface area contributed by atoms with Crippen LogP contribution in [0.4, 0.5) is 0 Å². The Bertz CT molecular complexity index is 868. The highest BCUT2D eigenvalue weighted by Crippen LogP contribution is 2.26. The number of hydrogen-bond acceptors (Lipinski definition) is 3. The SMILES string of the molecule is O=C([C@@H]1CCCO1)N(Cc1ccoc1)Cc1ccccc1-c1ccccc1. The number of benzene rings is 2. The fourth-order valence-electron chi connectivity index (χ4n) is 3.55. The lowest BCUT2D eigenvalue weighted by Gasteiger charge is -2.26. The molecule has 1 aliphatic heterocycles. The molecule has 0 saturated carbocycles. The molecule has 4 rings (SSSR count). The summed E-state index contributed by atoms with van der Waals surface area (Å²) in [5, 5.41) is 0. The quantitative estimate of drug-likeness (QED) is 0.642. The smallest absolute Gasteiger partial charge is 0.252 e. The van der Waals surface area contributed by atoms with Crippen molar-refractivity contribution in [2.24, 2.45) is 0 Å². The summed E-state index contributed by atoms with van der Waals surface area (Å²) in [7, 11) is 0. The van der Waals surface area contributed by atoms with Crippen LogP contribution in [0.5, 0.6) is 0 Å². The molecule has 1 atom stereocenters. The predicted octanol–water partition coefficient (Wildman–Crippen LogP) is 4.65. The number of carbonyl (C=O) groups excluding carboxylic acids is 1. The largest absolute Gasteiger partial charge is 0.472 e. The molecule has 0 radical (unpaired) electrons. The van der Waals surface area contributed by atoms with Crippen LogP contribution in [0, 0.1) is 0 Å². The van der Waals surface area contributed by atoms with Crippen molar-refractivity contribution >= 4 is 5.91 Å². The molecule has 1 aromatic heterocycles. The number of nitrogens with zero attached hydrogens (tertiary/aromatic N) is 1. The van der Waals surface area contributed by atoms with Crippen molar-refractivity contribution < 1.29 is 13.9 Å². The number of hydrogen-bond donors (Lipinski definition) is 0. The van der Waals surface area contributed by atoms with E-state index in [0.717, 1.165) is 35.1 Å². The van der Waals surface area contributed by atoms with Crippen molar-refractivity contribution in [3.8, 4) is 11.1 Å². The van der Waals surface area contributed by atoms with Crippen molar-refractivity contribution in [3.05, 3.63) is 84.3 Å². The van der Waals surface area contributed by atoms with E-state index in [-0.39, 0.29) is 12.0 Å². The van der Waals surface area contributed by atoms with E-state index in [1.165, 1.54) is 0 Å². The van der Waals surface area contributed by atoms with Crippen LogP contribution in [0.25, 0.3) is 11.1 Å². The molecule has 1 saturated heterocycles. The summed E-state index contributed by atoms with van der Waals surface area (Å²) >= 11 is 0. The van der Waals surface area contributed by atoms with Gasteiger partial charge in [0.25, 0.3) is 5.91 Å². The summed E-state index contributed by atoms with van der Waals surface area (Å²) in [5.74, 6) is 0.0524. The van der Waals surface area contributed by atoms with Gasteiger partial charge in [-0.1, -0.05) is 54.6 Å². The average Bonchev–Trinajstić information content (AvgIpc) is 3.42. The second-order valence-electron chi connectivity index (χ2n) is 6.85. The highest BCUT2D eigenvalue weighted by Gasteiger charge is 2.29. The molecule has 3 aromatic rings. The van der Waals surface area contributed by atoms with Gasteiger partial charge in [-0.05, 0) is 35.6 Å². The molecule has 138 valence electrons. The van der Waals surface area contributed by atoms with Crippen molar-refractivity contribution in [2.45, 2.75) is 32.0 Å². The van der Waals surface area contributed by atoms with Crippen molar-refractivity contribution in [1.82, 2.24) is 4.90 Å². The van der Waals surface area contributed by atoms with Gasteiger partial charge >= 0.3 is 0 Å². The molecule has 2 aromatic carbocycles. The van der Waals surface area contributed by atoms with Gasteiger partial charge in [-0.25, -0.2) is 0 Å². The lowest BCUT2D eigenvalue weighted by atomic mass is 9.99. The van der Waals surface area contributed by atoms with Crippen LogP contribution < -0.4 is 0 Å². The van der Waals surface area contributed by atoms with Gasteiger partial charge in [0.05, 0.1) is 12.5 Å². The standard InChI is InChI=1S/C23H23NO3/c25-23(22-11-6-13-27-22)24(15-18-12-14-26-17-18)16-20-9-4-5-10-21(20)19-7-2-1-3-8-19/h1-5,7-10,12,14,17,22H,6,11,13,15-16H2/t22-/m0/s1. The third-order valence-electron chi connectivity index (χ3n) is 4.93. The summed E-state index contributed by atoms with van der Waals surface area (Å²) in [6.07, 6.45) is 4.74. The Hall–Kier alpha value is -2.85. The first-order valence-corrected chi connectivity index (χ1v) is 9.36. The monoisotopic (exact) mass is 361 g/mol. The van der Waals surface area contributed by atoms with Crippen LogP contribution in [0.2, 0.25) is 0 Å². The van der Waals surface area contributed by atoms with Gasteiger partial charge in [-0.2, -0.15) is 0 Å². The highest BCUT2D eigenvalue weighted by molar-refractivity contribution is 5.81. The Balaban J connectivity index is 1.62. The number of carbonyl (C=O) groups is 1. The Morgan fingerprint density at radius 3 is 2.56 bits per heavy atom.